The Morgan fingerprint density at radius 2 is 1.88 bits per heavy atom. The molecule has 0 aliphatic carbocycles. The normalized spacial score (nSPS) is 19.6. The van der Waals surface area contributed by atoms with E-state index in [1.807, 2.05) is 48.5 Å². The van der Waals surface area contributed by atoms with Gasteiger partial charge in [-0.05, 0) is 42.0 Å². The number of carbonyl (C=O) groups is 1. The average Bonchev–Trinajstić information content (AvgIpc) is 3.11. The quantitative estimate of drug-likeness (QED) is 0.661. The second kappa shape index (κ2) is 8.60. The van der Waals surface area contributed by atoms with Crippen LogP contribution in [0.25, 0.3) is 0 Å². The van der Waals surface area contributed by atoms with E-state index in [9.17, 15) is 4.79 Å². The van der Waals surface area contributed by atoms with E-state index in [-0.39, 0.29) is 5.37 Å². The summed E-state index contributed by atoms with van der Waals surface area (Å²) in [5.41, 5.74) is 1.01. The average molecular weight is 424 g/mol. The molecule has 2 unspecified atom stereocenters. The van der Waals surface area contributed by atoms with E-state index in [0.29, 0.717) is 19.0 Å². The van der Waals surface area contributed by atoms with Gasteiger partial charge in [0.1, 0.15) is 30.8 Å². The van der Waals surface area contributed by atoms with Crippen molar-refractivity contribution in [1.82, 2.24) is 5.32 Å². The number of carboxylic acid groups (broad SMARTS) is 1. The van der Waals surface area contributed by atoms with E-state index in [4.69, 9.17) is 14.6 Å². The van der Waals surface area contributed by atoms with Crippen LogP contribution in [0.15, 0.2) is 53.0 Å². The Labute approximate surface area is 158 Å². The highest BCUT2D eigenvalue weighted by molar-refractivity contribution is 9.10. The van der Waals surface area contributed by atoms with Crippen LogP contribution in [0.3, 0.4) is 0 Å². The minimum absolute atomic E-state index is 0.0244. The molecule has 7 heteroatoms. The fourth-order valence-corrected chi connectivity index (χ4v) is 3.91. The number of ether oxygens (including phenoxy) is 2. The maximum absolute atomic E-state index is 11.0. The Bertz CT molecular complexity index is 725. The smallest absolute Gasteiger partial charge is 0.321 e. The van der Waals surface area contributed by atoms with E-state index in [0.717, 1.165) is 21.5 Å². The van der Waals surface area contributed by atoms with Gasteiger partial charge in [0.05, 0.1) is 5.37 Å². The third kappa shape index (κ3) is 5.14. The van der Waals surface area contributed by atoms with Gasteiger partial charge in [0.15, 0.2) is 0 Å². The fourth-order valence-electron chi connectivity index (χ4n) is 2.42. The summed E-state index contributed by atoms with van der Waals surface area (Å²) in [6.07, 6.45) is 0. The van der Waals surface area contributed by atoms with Gasteiger partial charge < -0.3 is 14.6 Å². The summed E-state index contributed by atoms with van der Waals surface area (Å²) in [5.74, 6) is 1.30. The molecule has 0 spiro atoms. The van der Waals surface area contributed by atoms with Crippen molar-refractivity contribution in [1.29, 1.82) is 0 Å². The monoisotopic (exact) mass is 423 g/mol. The van der Waals surface area contributed by atoms with E-state index in [1.54, 1.807) is 11.8 Å². The number of benzene rings is 2. The highest BCUT2D eigenvalue weighted by Crippen LogP contribution is 2.34. The van der Waals surface area contributed by atoms with Crippen LogP contribution in [0.2, 0.25) is 0 Å². The molecule has 1 aliphatic rings. The van der Waals surface area contributed by atoms with Crippen LogP contribution in [0.1, 0.15) is 10.9 Å². The van der Waals surface area contributed by atoms with E-state index in [2.05, 4.69) is 21.2 Å². The predicted molar refractivity (Wildman–Crippen MR) is 101 cm³/mol. The van der Waals surface area contributed by atoms with Gasteiger partial charge >= 0.3 is 5.97 Å². The lowest BCUT2D eigenvalue weighted by molar-refractivity contribution is -0.138. The summed E-state index contributed by atoms with van der Waals surface area (Å²) in [5, 5.41) is 12.2. The summed E-state index contributed by atoms with van der Waals surface area (Å²) in [7, 11) is 0. The van der Waals surface area contributed by atoms with Crippen molar-refractivity contribution in [3.63, 3.8) is 0 Å². The summed E-state index contributed by atoms with van der Waals surface area (Å²) in [6.45, 7) is 0.881. The lowest BCUT2D eigenvalue weighted by Gasteiger charge is -2.13. The topological polar surface area (TPSA) is 67.8 Å². The van der Waals surface area contributed by atoms with Crippen molar-refractivity contribution >= 4 is 33.7 Å². The van der Waals surface area contributed by atoms with Crippen molar-refractivity contribution in [2.24, 2.45) is 0 Å². The highest BCUT2D eigenvalue weighted by Gasteiger charge is 2.30. The molecule has 0 aromatic heterocycles. The third-order valence-corrected chi connectivity index (χ3v) is 5.47. The molecule has 3 rings (SSSR count). The molecule has 2 N–H and O–H groups in total. The van der Waals surface area contributed by atoms with Crippen LogP contribution < -0.4 is 14.8 Å². The van der Waals surface area contributed by atoms with Crippen molar-refractivity contribution in [3.05, 3.63) is 58.6 Å². The third-order valence-electron chi connectivity index (χ3n) is 3.68. The van der Waals surface area contributed by atoms with Gasteiger partial charge in [-0.25, -0.2) is 0 Å². The lowest BCUT2D eigenvalue weighted by atomic mass is 10.2. The predicted octanol–water partition coefficient (Wildman–Crippen LogP) is 3.70. The minimum Gasteiger partial charge on any atom is -0.490 e. The summed E-state index contributed by atoms with van der Waals surface area (Å²) in [6, 6.07) is 14.9. The Morgan fingerprint density at radius 3 is 2.56 bits per heavy atom. The molecule has 2 atom stereocenters. The number of nitrogens with one attached hydrogen (secondary N) is 1. The zero-order chi connectivity index (χ0) is 17.6. The molecule has 2 aromatic rings. The first kappa shape index (κ1) is 18.1. The number of carboxylic acids is 1. The summed E-state index contributed by atoms with van der Waals surface area (Å²) >= 11 is 4.98. The van der Waals surface area contributed by atoms with Gasteiger partial charge in [0.2, 0.25) is 0 Å². The van der Waals surface area contributed by atoms with Crippen molar-refractivity contribution < 1.29 is 19.4 Å². The second-order valence-corrected chi connectivity index (χ2v) is 7.55. The Hall–Kier alpha value is -1.70. The van der Waals surface area contributed by atoms with Crippen LogP contribution in [0, 0.1) is 0 Å². The number of rotatable bonds is 7. The molecule has 1 saturated heterocycles. The molecule has 5 nitrogen and oxygen atoms in total. The first-order valence-corrected chi connectivity index (χ1v) is 9.67. The number of thioether (sulfide) groups is 1. The van der Waals surface area contributed by atoms with Gasteiger partial charge in [-0.2, -0.15) is 0 Å². The zero-order valence-corrected chi connectivity index (χ0v) is 15.8. The van der Waals surface area contributed by atoms with Crippen LogP contribution in [0.4, 0.5) is 0 Å². The molecule has 1 aliphatic heterocycles. The number of aliphatic carboxylic acids is 1. The van der Waals surface area contributed by atoms with Crippen molar-refractivity contribution in [2.45, 2.75) is 11.4 Å². The van der Waals surface area contributed by atoms with Crippen molar-refractivity contribution in [2.75, 3.05) is 19.0 Å². The standard InChI is InChI=1S/C18H18BrNO4S/c19-13-4-6-14(7-5-13)23-8-9-24-15-3-1-2-12(10-15)17-20-16(11-25-17)18(21)22/h1-7,10,16-17,20H,8-9,11H2,(H,21,22). The minimum atomic E-state index is -0.813. The second-order valence-electron chi connectivity index (χ2n) is 5.49. The fraction of sp³-hybridized carbons (Fsp3) is 0.278. The van der Waals surface area contributed by atoms with Gasteiger partial charge in [-0.1, -0.05) is 28.1 Å². The highest BCUT2D eigenvalue weighted by atomic mass is 79.9. The van der Waals surface area contributed by atoms with E-state index >= 15 is 0 Å². The summed E-state index contributed by atoms with van der Waals surface area (Å²) < 4.78 is 12.4. The zero-order valence-electron chi connectivity index (χ0n) is 13.4. The molecule has 0 radical (unpaired) electrons. The molecule has 2 aromatic carbocycles. The molecule has 25 heavy (non-hydrogen) atoms. The molecular weight excluding hydrogens is 406 g/mol. The lowest BCUT2D eigenvalue weighted by Crippen LogP contribution is -2.33. The molecule has 0 bridgehead atoms. The maximum atomic E-state index is 11.0. The molecule has 1 heterocycles. The molecule has 0 saturated carbocycles. The van der Waals surface area contributed by atoms with Gasteiger partial charge in [-0.3, -0.25) is 10.1 Å². The maximum Gasteiger partial charge on any atom is 0.321 e. The van der Waals surface area contributed by atoms with Gasteiger partial charge in [0, 0.05) is 10.2 Å². The largest absolute Gasteiger partial charge is 0.490 e. The number of hydrogen-bond donors (Lipinski definition) is 2. The van der Waals surface area contributed by atoms with Crippen LogP contribution in [0.5, 0.6) is 11.5 Å². The molecule has 132 valence electrons. The van der Waals surface area contributed by atoms with Crippen LogP contribution >= 0.6 is 27.7 Å². The first-order valence-electron chi connectivity index (χ1n) is 7.83. The Morgan fingerprint density at radius 1 is 1.16 bits per heavy atom. The van der Waals surface area contributed by atoms with Gasteiger partial charge in [-0.15, -0.1) is 11.8 Å². The van der Waals surface area contributed by atoms with Crippen molar-refractivity contribution in [3.8, 4) is 11.5 Å². The molecular formula is C18H18BrNO4S. The number of halogens is 1. The van der Waals surface area contributed by atoms with E-state index < -0.39 is 12.0 Å². The SMILES string of the molecule is O=C(O)C1CSC(c2cccc(OCCOc3ccc(Br)cc3)c2)N1. The van der Waals surface area contributed by atoms with Crippen LogP contribution in [-0.2, 0) is 4.79 Å². The Kier molecular flexibility index (Phi) is 6.23. The van der Waals surface area contributed by atoms with Crippen LogP contribution in [-0.4, -0.2) is 36.1 Å². The van der Waals surface area contributed by atoms with Gasteiger partial charge in [0.25, 0.3) is 0 Å². The van der Waals surface area contributed by atoms with E-state index in [1.165, 1.54) is 0 Å². The Balaban J connectivity index is 1.48. The summed E-state index contributed by atoms with van der Waals surface area (Å²) in [4.78, 5) is 11.0. The molecule has 1 fully saturated rings. The first-order chi connectivity index (χ1) is 12.1. The number of hydrogen-bond acceptors (Lipinski definition) is 5. The molecule has 0 amide bonds.